The largest absolute Gasteiger partial charge is 0.452 e. The Morgan fingerprint density at radius 2 is 1.40 bits per heavy atom. The van der Waals surface area contributed by atoms with Gasteiger partial charge in [0.2, 0.25) is 0 Å². The predicted octanol–water partition coefficient (Wildman–Crippen LogP) is 2.67. The normalized spacial score (nSPS) is 12.2. The second kappa shape index (κ2) is 10.4. The van der Waals surface area contributed by atoms with Gasteiger partial charge >= 0.3 is 12.0 Å². The third-order valence-corrected chi connectivity index (χ3v) is 5.27. The lowest BCUT2D eigenvalue weighted by atomic mass is 10.1. The van der Waals surface area contributed by atoms with Crippen molar-refractivity contribution in [1.29, 1.82) is 0 Å². The summed E-state index contributed by atoms with van der Waals surface area (Å²) in [6.45, 7) is -0.357. The van der Waals surface area contributed by atoms with Crippen molar-refractivity contribution in [3.05, 3.63) is 107 Å². The molecule has 0 aromatic heterocycles. The molecule has 2 N–H and O–H groups in total. The van der Waals surface area contributed by atoms with Gasteiger partial charge in [-0.15, -0.1) is 0 Å². The Hall–Kier alpha value is -4.79. The number of hydrogen-bond acceptors (Lipinski definition) is 6. The molecule has 0 unspecified atom stereocenters. The standard InChI is InChI=1S/C26H21N3O6/c30-22(28-26(34)27-14-17-7-3-1-4-8-17)16-35-25(33)19-11-12-20-21(13-19)24(32)29(23(20)31)15-18-9-5-2-6-10-18/h1-13H,14-16H2,(H2,27,28,30,34). The predicted molar refractivity (Wildman–Crippen MR) is 124 cm³/mol. The molecule has 176 valence electrons. The van der Waals surface area contributed by atoms with Gasteiger partial charge in [0.25, 0.3) is 17.7 Å². The van der Waals surface area contributed by atoms with Crippen molar-refractivity contribution >= 4 is 29.7 Å². The maximum Gasteiger partial charge on any atom is 0.338 e. The summed E-state index contributed by atoms with van der Waals surface area (Å²) in [6.07, 6.45) is 0. The Kier molecular flexibility index (Phi) is 6.96. The van der Waals surface area contributed by atoms with Crippen LogP contribution in [0.5, 0.6) is 0 Å². The lowest BCUT2D eigenvalue weighted by Crippen LogP contribution is -2.41. The smallest absolute Gasteiger partial charge is 0.338 e. The summed E-state index contributed by atoms with van der Waals surface area (Å²) in [6, 6.07) is 21.5. The van der Waals surface area contributed by atoms with Crippen molar-refractivity contribution in [2.75, 3.05) is 6.61 Å². The third-order valence-electron chi connectivity index (χ3n) is 5.27. The summed E-state index contributed by atoms with van der Waals surface area (Å²) in [5, 5.41) is 4.59. The van der Waals surface area contributed by atoms with Gasteiger partial charge in [0, 0.05) is 6.54 Å². The van der Waals surface area contributed by atoms with E-state index in [9.17, 15) is 24.0 Å². The van der Waals surface area contributed by atoms with E-state index in [2.05, 4.69) is 10.6 Å². The van der Waals surface area contributed by atoms with Crippen LogP contribution in [0, 0.1) is 0 Å². The van der Waals surface area contributed by atoms with E-state index in [4.69, 9.17) is 4.74 Å². The Labute approximate surface area is 200 Å². The molecule has 0 bridgehead atoms. The molecule has 3 aromatic rings. The van der Waals surface area contributed by atoms with Gasteiger partial charge in [-0.05, 0) is 29.3 Å². The third kappa shape index (κ3) is 5.59. The zero-order valence-corrected chi connectivity index (χ0v) is 18.5. The summed E-state index contributed by atoms with van der Waals surface area (Å²) in [5.41, 5.74) is 1.93. The van der Waals surface area contributed by atoms with Gasteiger partial charge in [0.1, 0.15) is 0 Å². The van der Waals surface area contributed by atoms with Crippen molar-refractivity contribution in [2.24, 2.45) is 0 Å². The molecule has 0 aliphatic carbocycles. The number of fused-ring (bicyclic) bond motifs is 1. The highest BCUT2D eigenvalue weighted by Gasteiger charge is 2.36. The van der Waals surface area contributed by atoms with Crippen LogP contribution in [0.15, 0.2) is 78.9 Å². The number of nitrogens with one attached hydrogen (secondary N) is 2. The topological polar surface area (TPSA) is 122 Å². The minimum atomic E-state index is -0.866. The van der Waals surface area contributed by atoms with Gasteiger partial charge < -0.3 is 10.1 Å². The Morgan fingerprint density at radius 1 is 0.771 bits per heavy atom. The number of esters is 1. The molecule has 5 amide bonds. The molecular weight excluding hydrogens is 450 g/mol. The van der Waals surface area contributed by atoms with E-state index < -0.39 is 36.3 Å². The first-order valence-corrected chi connectivity index (χ1v) is 10.8. The molecule has 1 aliphatic rings. The minimum Gasteiger partial charge on any atom is -0.452 e. The molecule has 3 aromatic carbocycles. The lowest BCUT2D eigenvalue weighted by molar-refractivity contribution is -0.123. The SMILES string of the molecule is O=C(COC(=O)c1ccc2c(c1)C(=O)N(Cc1ccccc1)C2=O)NC(=O)NCc1ccccc1. The summed E-state index contributed by atoms with van der Waals surface area (Å²) in [5.74, 6) is -2.65. The number of nitrogens with zero attached hydrogens (tertiary/aromatic N) is 1. The van der Waals surface area contributed by atoms with Crippen LogP contribution in [0.2, 0.25) is 0 Å². The van der Waals surface area contributed by atoms with Gasteiger partial charge in [-0.2, -0.15) is 0 Å². The molecule has 0 saturated heterocycles. The number of amides is 5. The first-order valence-electron chi connectivity index (χ1n) is 10.8. The molecule has 0 saturated carbocycles. The van der Waals surface area contributed by atoms with Gasteiger partial charge in [0.05, 0.1) is 23.2 Å². The maximum absolute atomic E-state index is 12.8. The zero-order chi connectivity index (χ0) is 24.8. The van der Waals surface area contributed by atoms with Crippen LogP contribution >= 0.6 is 0 Å². The van der Waals surface area contributed by atoms with Gasteiger partial charge in [0.15, 0.2) is 6.61 Å². The molecule has 4 rings (SSSR count). The van der Waals surface area contributed by atoms with Gasteiger partial charge in [-0.1, -0.05) is 60.7 Å². The van der Waals surface area contributed by atoms with Crippen LogP contribution < -0.4 is 10.6 Å². The van der Waals surface area contributed by atoms with E-state index >= 15 is 0 Å². The van der Waals surface area contributed by atoms with E-state index in [-0.39, 0.29) is 29.8 Å². The second-order valence-electron chi connectivity index (χ2n) is 7.73. The van der Waals surface area contributed by atoms with Crippen molar-refractivity contribution < 1.29 is 28.7 Å². The number of carbonyl (C=O) groups is 5. The van der Waals surface area contributed by atoms with Crippen molar-refractivity contribution in [1.82, 2.24) is 15.5 Å². The van der Waals surface area contributed by atoms with Gasteiger partial charge in [-0.3, -0.25) is 24.6 Å². The average molecular weight is 471 g/mol. The summed E-state index contributed by atoms with van der Waals surface area (Å²) < 4.78 is 4.96. The average Bonchev–Trinajstić information content (AvgIpc) is 3.11. The Bertz CT molecular complexity index is 1290. The fourth-order valence-electron chi connectivity index (χ4n) is 3.53. The van der Waals surface area contributed by atoms with Crippen LogP contribution in [-0.4, -0.2) is 41.2 Å². The van der Waals surface area contributed by atoms with Crippen molar-refractivity contribution in [3.8, 4) is 0 Å². The molecule has 0 atom stereocenters. The monoisotopic (exact) mass is 471 g/mol. The molecule has 9 heteroatoms. The van der Waals surface area contributed by atoms with Crippen LogP contribution in [0.1, 0.15) is 42.2 Å². The van der Waals surface area contributed by atoms with Crippen molar-refractivity contribution in [3.63, 3.8) is 0 Å². The summed E-state index contributed by atoms with van der Waals surface area (Å²) >= 11 is 0. The van der Waals surface area contributed by atoms with E-state index in [1.54, 1.807) is 12.1 Å². The number of urea groups is 1. The fraction of sp³-hybridized carbons (Fsp3) is 0.115. The van der Waals surface area contributed by atoms with E-state index in [0.717, 1.165) is 16.0 Å². The molecule has 1 aliphatic heterocycles. The maximum atomic E-state index is 12.8. The zero-order valence-electron chi connectivity index (χ0n) is 18.5. The number of benzene rings is 3. The van der Waals surface area contributed by atoms with Crippen LogP contribution in [0.25, 0.3) is 0 Å². The molecular formula is C26H21N3O6. The second-order valence-corrected chi connectivity index (χ2v) is 7.73. The van der Waals surface area contributed by atoms with E-state index in [1.165, 1.54) is 18.2 Å². The van der Waals surface area contributed by atoms with Crippen LogP contribution in [0.4, 0.5) is 4.79 Å². The number of hydrogen-bond donors (Lipinski definition) is 2. The summed E-state index contributed by atoms with van der Waals surface area (Å²) in [4.78, 5) is 62.7. The number of ether oxygens (including phenoxy) is 1. The minimum absolute atomic E-state index is 0.00721. The number of imide groups is 2. The van der Waals surface area contributed by atoms with Gasteiger partial charge in [-0.25, -0.2) is 9.59 Å². The quantitative estimate of drug-likeness (QED) is 0.404. The van der Waals surface area contributed by atoms with E-state index in [1.807, 2.05) is 48.5 Å². The van der Waals surface area contributed by atoms with E-state index in [0.29, 0.717) is 0 Å². The highest BCUT2D eigenvalue weighted by molar-refractivity contribution is 6.21. The molecule has 0 spiro atoms. The van der Waals surface area contributed by atoms with Crippen LogP contribution in [-0.2, 0) is 22.6 Å². The Morgan fingerprint density at radius 3 is 2.09 bits per heavy atom. The highest BCUT2D eigenvalue weighted by Crippen LogP contribution is 2.26. The summed E-state index contributed by atoms with van der Waals surface area (Å²) in [7, 11) is 0. The lowest BCUT2D eigenvalue weighted by Gasteiger charge is -2.13. The molecule has 1 heterocycles. The molecule has 0 radical (unpaired) electrons. The molecule has 35 heavy (non-hydrogen) atoms. The van der Waals surface area contributed by atoms with Crippen molar-refractivity contribution in [2.45, 2.75) is 13.1 Å². The highest BCUT2D eigenvalue weighted by atomic mass is 16.5. The fourth-order valence-corrected chi connectivity index (χ4v) is 3.53. The number of rotatable bonds is 7. The first kappa shape index (κ1) is 23.4. The molecule has 9 nitrogen and oxygen atoms in total. The van der Waals surface area contributed by atoms with Crippen LogP contribution in [0.3, 0.4) is 0 Å². The first-order chi connectivity index (χ1) is 16.9. The Balaban J connectivity index is 1.31. The molecule has 0 fully saturated rings. The number of carbonyl (C=O) groups excluding carboxylic acids is 5.